The molecule has 1 aliphatic rings. The van der Waals surface area contributed by atoms with E-state index < -0.39 is 5.97 Å². The van der Waals surface area contributed by atoms with Crippen molar-refractivity contribution in [1.82, 2.24) is 14.9 Å². The van der Waals surface area contributed by atoms with Crippen molar-refractivity contribution in [3.05, 3.63) is 66.7 Å². The molecule has 0 radical (unpaired) electrons. The minimum absolute atomic E-state index is 0.111. The van der Waals surface area contributed by atoms with E-state index in [1.165, 1.54) is 11.3 Å². The highest BCUT2D eigenvalue weighted by molar-refractivity contribution is 5.84. The number of likely N-dealkylation sites (N-methyl/N-ethyl adjacent to an activating group) is 1. The molecule has 1 aromatic heterocycles. The van der Waals surface area contributed by atoms with Crippen molar-refractivity contribution < 1.29 is 14.6 Å². The van der Waals surface area contributed by atoms with Gasteiger partial charge in [-0.25, -0.2) is 4.98 Å². The van der Waals surface area contributed by atoms with Gasteiger partial charge in [-0.1, -0.05) is 32.0 Å². The minimum Gasteiger partial charge on any atom is -0.494 e. The molecule has 37 heavy (non-hydrogen) atoms. The number of rotatable bonds is 8. The van der Waals surface area contributed by atoms with Crippen LogP contribution in [-0.4, -0.2) is 65.8 Å². The van der Waals surface area contributed by atoms with E-state index in [-0.39, 0.29) is 6.42 Å². The first kappa shape index (κ1) is 26.2. The number of fused-ring (bicyclic) bond motifs is 1. The molecule has 0 atom stereocenters. The first-order valence-electron chi connectivity index (χ1n) is 13.0. The molecular formula is C30H36N4O3. The molecule has 5 rings (SSSR count). The van der Waals surface area contributed by atoms with Crippen LogP contribution in [0.2, 0.25) is 0 Å². The zero-order valence-electron chi connectivity index (χ0n) is 21.9. The molecule has 4 aromatic rings. The number of nitrogens with one attached hydrogen (secondary N) is 1. The Morgan fingerprint density at radius 1 is 0.919 bits per heavy atom. The maximum Gasteiger partial charge on any atom is 0.303 e. The summed E-state index contributed by atoms with van der Waals surface area (Å²) in [7, 11) is 2.18. The summed E-state index contributed by atoms with van der Waals surface area (Å²) in [5.41, 5.74) is 6.51. The number of aromatic amines is 1. The zero-order chi connectivity index (χ0) is 26.2. The monoisotopic (exact) mass is 500 g/mol. The van der Waals surface area contributed by atoms with E-state index in [1.807, 2.05) is 38.1 Å². The molecule has 0 aliphatic carbocycles. The molecule has 0 unspecified atom stereocenters. The molecule has 2 heterocycles. The lowest BCUT2D eigenvalue weighted by Crippen LogP contribution is -2.44. The van der Waals surface area contributed by atoms with Crippen molar-refractivity contribution in [2.45, 2.75) is 26.7 Å². The van der Waals surface area contributed by atoms with E-state index >= 15 is 0 Å². The Bertz CT molecular complexity index is 1290. The summed E-state index contributed by atoms with van der Waals surface area (Å²) in [6.45, 7) is 8.72. The van der Waals surface area contributed by atoms with Gasteiger partial charge in [0.15, 0.2) is 0 Å². The summed E-state index contributed by atoms with van der Waals surface area (Å²) in [5, 5.41) is 8.71. The Hall–Kier alpha value is -3.84. The third-order valence-electron chi connectivity index (χ3n) is 6.48. The van der Waals surface area contributed by atoms with Gasteiger partial charge in [-0.15, -0.1) is 0 Å². The van der Waals surface area contributed by atoms with Crippen LogP contribution in [0.15, 0.2) is 66.7 Å². The molecule has 194 valence electrons. The van der Waals surface area contributed by atoms with Gasteiger partial charge in [-0.3, -0.25) is 4.79 Å². The van der Waals surface area contributed by atoms with Crippen molar-refractivity contribution in [3.8, 4) is 28.3 Å². The van der Waals surface area contributed by atoms with Crippen LogP contribution in [-0.2, 0) is 4.79 Å². The Morgan fingerprint density at radius 3 is 2.24 bits per heavy atom. The van der Waals surface area contributed by atoms with Gasteiger partial charge >= 0.3 is 5.97 Å². The minimum atomic E-state index is -0.806. The van der Waals surface area contributed by atoms with Gasteiger partial charge in [0, 0.05) is 43.9 Å². The highest BCUT2D eigenvalue weighted by Crippen LogP contribution is 2.28. The lowest BCUT2D eigenvalue weighted by atomic mass is 10.0. The third kappa shape index (κ3) is 6.68. The van der Waals surface area contributed by atoms with E-state index in [1.54, 1.807) is 0 Å². The second-order valence-corrected chi connectivity index (χ2v) is 9.02. The van der Waals surface area contributed by atoms with Gasteiger partial charge in [0.05, 0.1) is 17.6 Å². The molecule has 0 amide bonds. The molecule has 2 N–H and O–H groups in total. The van der Waals surface area contributed by atoms with Crippen molar-refractivity contribution in [3.63, 3.8) is 0 Å². The Labute approximate surface area is 218 Å². The molecule has 1 fully saturated rings. The number of nitrogens with zero attached hydrogens (tertiary/aromatic N) is 3. The van der Waals surface area contributed by atoms with Crippen molar-refractivity contribution in [2.24, 2.45) is 0 Å². The summed E-state index contributed by atoms with van der Waals surface area (Å²) < 4.78 is 5.62. The number of hydrogen-bond donors (Lipinski definition) is 2. The van der Waals surface area contributed by atoms with Crippen LogP contribution in [0.1, 0.15) is 26.7 Å². The lowest BCUT2D eigenvalue weighted by Gasteiger charge is -2.34. The molecule has 0 spiro atoms. The number of hydrogen-bond acceptors (Lipinski definition) is 5. The van der Waals surface area contributed by atoms with Crippen molar-refractivity contribution >= 4 is 22.7 Å². The van der Waals surface area contributed by atoms with E-state index in [2.05, 4.69) is 64.3 Å². The number of benzene rings is 3. The highest BCUT2D eigenvalue weighted by atomic mass is 16.5. The number of imidazole rings is 1. The van der Waals surface area contributed by atoms with Crippen LogP contribution in [0.5, 0.6) is 5.75 Å². The fraction of sp³-hybridized carbons (Fsp3) is 0.333. The van der Waals surface area contributed by atoms with E-state index in [0.717, 1.165) is 59.9 Å². The number of anilines is 1. The number of piperazine rings is 1. The first-order valence-corrected chi connectivity index (χ1v) is 13.0. The second-order valence-electron chi connectivity index (χ2n) is 9.02. The number of aliphatic carboxylic acids is 1. The van der Waals surface area contributed by atoms with Gasteiger partial charge < -0.3 is 24.6 Å². The Kier molecular flexibility index (Phi) is 8.80. The lowest BCUT2D eigenvalue weighted by molar-refractivity contribution is -0.137. The van der Waals surface area contributed by atoms with Crippen LogP contribution in [0, 0.1) is 0 Å². The normalized spacial score (nSPS) is 13.8. The van der Waals surface area contributed by atoms with Crippen LogP contribution in [0.4, 0.5) is 5.69 Å². The number of aromatic nitrogens is 2. The maximum atomic E-state index is 10.6. The number of H-pyrrole nitrogens is 1. The molecule has 0 saturated carbocycles. The predicted octanol–water partition coefficient (Wildman–Crippen LogP) is 5.92. The van der Waals surface area contributed by atoms with Gasteiger partial charge in [0.2, 0.25) is 0 Å². The third-order valence-corrected chi connectivity index (χ3v) is 6.48. The van der Waals surface area contributed by atoms with Gasteiger partial charge in [-0.2, -0.15) is 0 Å². The van der Waals surface area contributed by atoms with Gasteiger partial charge in [0.25, 0.3) is 0 Å². The van der Waals surface area contributed by atoms with Crippen molar-refractivity contribution in [1.29, 1.82) is 0 Å². The van der Waals surface area contributed by atoms with E-state index in [4.69, 9.17) is 14.8 Å². The summed E-state index contributed by atoms with van der Waals surface area (Å²) in [5.74, 6) is 0.720. The van der Waals surface area contributed by atoms with Gasteiger partial charge in [0.1, 0.15) is 11.6 Å². The molecule has 3 aromatic carbocycles. The molecule has 0 bridgehead atoms. The predicted molar refractivity (Wildman–Crippen MR) is 150 cm³/mol. The summed E-state index contributed by atoms with van der Waals surface area (Å²) in [6.07, 6.45) is 0.598. The van der Waals surface area contributed by atoms with Crippen molar-refractivity contribution in [2.75, 3.05) is 44.7 Å². The van der Waals surface area contributed by atoms with Crippen LogP contribution in [0.3, 0.4) is 0 Å². The maximum absolute atomic E-state index is 10.6. The van der Waals surface area contributed by atoms with E-state index in [9.17, 15) is 4.79 Å². The quantitative estimate of drug-likeness (QED) is 0.292. The van der Waals surface area contributed by atoms with E-state index in [0.29, 0.717) is 13.0 Å². The molecule has 1 aliphatic heterocycles. The second kappa shape index (κ2) is 12.4. The fourth-order valence-electron chi connectivity index (χ4n) is 4.38. The van der Waals surface area contributed by atoms with Crippen LogP contribution >= 0.6 is 0 Å². The number of carboxylic acids is 1. The average molecular weight is 501 g/mol. The standard InChI is InChI=1S/C28H30N4O3.C2H6/c1-31-14-16-32(17-15-31)23-9-4-20(5-10-23)22-8-13-25-26(19-22)30-28(29-25)21-6-11-24(12-7-21)35-18-2-3-27(33)34;1-2/h4-13,19H,2-3,14-18H2,1H3,(H,29,30)(H,33,34);1-2H3. The number of carbonyl (C=O) groups is 1. The highest BCUT2D eigenvalue weighted by Gasteiger charge is 2.14. The Morgan fingerprint density at radius 2 is 1.57 bits per heavy atom. The SMILES string of the molecule is CC.CN1CCN(c2ccc(-c3ccc4nc(-c5ccc(OCCCC(=O)O)cc5)[nH]c4c3)cc2)CC1. The molecule has 1 saturated heterocycles. The summed E-state index contributed by atoms with van der Waals surface area (Å²) in [4.78, 5) is 23.6. The first-order chi connectivity index (χ1) is 18.0. The number of ether oxygens (including phenoxy) is 1. The molecule has 7 nitrogen and oxygen atoms in total. The fourth-order valence-corrected chi connectivity index (χ4v) is 4.38. The smallest absolute Gasteiger partial charge is 0.303 e. The summed E-state index contributed by atoms with van der Waals surface area (Å²) in [6, 6.07) is 22.8. The Balaban J connectivity index is 0.00000156. The topological polar surface area (TPSA) is 81.7 Å². The average Bonchev–Trinajstić information content (AvgIpc) is 3.37. The van der Waals surface area contributed by atoms with Gasteiger partial charge in [-0.05, 0) is 73.1 Å². The van der Waals surface area contributed by atoms with Crippen LogP contribution < -0.4 is 9.64 Å². The van der Waals surface area contributed by atoms with Crippen LogP contribution in [0.25, 0.3) is 33.5 Å². The largest absolute Gasteiger partial charge is 0.494 e. The molecule has 7 heteroatoms. The zero-order valence-corrected chi connectivity index (χ0v) is 21.9. The summed E-state index contributed by atoms with van der Waals surface area (Å²) >= 11 is 0. The molecular weight excluding hydrogens is 464 g/mol. The number of carboxylic acid groups (broad SMARTS) is 1.